The third kappa shape index (κ3) is 4.41. The third-order valence-corrected chi connectivity index (χ3v) is 3.97. The van der Waals surface area contributed by atoms with Gasteiger partial charge in [0.2, 0.25) is 0 Å². The average molecular weight is 420 g/mol. The van der Waals surface area contributed by atoms with E-state index in [1.165, 1.54) is 18.2 Å². The lowest BCUT2D eigenvalue weighted by Crippen LogP contribution is -2.47. The molecular weight excluding hydrogens is 410 g/mol. The lowest BCUT2D eigenvalue weighted by molar-refractivity contribution is 0.412. The molecule has 10 heteroatoms. The summed E-state index contributed by atoms with van der Waals surface area (Å²) in [5.41, 5.74) is -2.65. The van der Waals surface area contributed by atoms with Crippen LogP contribution in [0.1, 0.15) is 6.92 Å². The predicted molar refractivity (Wildman–Crippen MR) is 91.1 cm³/mol. The largest absolute Gasteiger partial charge is 0.252 e. The fraction of sp³-hybridized carbons (Fsp3) is 0.0526. The lowest BCUT2D eigenvalue weighted by Gasteiger charge is -2.19. The molecule has 0 aromatic heterocycles. The highest BCUT2D eigenvalue weighted by Crippen LogP contribution is 2.29. The van der Waals surface area contributed by atoms with Crippen molar-refractivity contribution in [1.29, 1.82) is 0 Å². The molecule has 0 heterocycles. The van der Waals surface area contributed by atoms with Gasteiger partial charge in [-0.1, -0.05) is 35.8 Å². The molecule has 0 amide bonds. The zero-order chi connectivity index (χ0) is 21.9. The third-order valence-electron chi connectivity index (χ3n) is 3.97. The monoisotopic (exact) mass is 420 g/mol. The fourth-order valence-corrected chi connectivity index (χ4v) is 2.70. The van der Waals surface area contributed by atoms with E-state index in [0.29, 0.717) is 6.92 Å². The Morgan fingerprint density at radius 3 is 1.93 bits per heavy atom. The van der Waals surface area contributed by atoms with E-state index >= 15 is 0 Å². The Balaban J connectivity index is 2.92. The van der Waals surface area contributed by atoms with Crippen LogP contribution in [0.3, 0.4) is 0 Å². The van der Waals surface area contributed by atoms with E-state index in [0.717, 1.165) is 12.1 Å². The van der Waals surface area contributed by atoms with Crippen LogP contribution >= 0.6 is 0 Å². The van der Waals surface area contributed by atoms with E-state index in [9.17, 15) is 39.5 Å². The van der Waals surface area contributed by atoms with Gasteiger partial charge in [-0.25, -0.2) is 39.5 Å². The Hall–Kier alpha value is -2.91. The van der Waals surface area contributed by atoms with Crippen molar-refractivity contribution in [3.05, 3.63) is 94.8 Å². The molecule has 0 aliphatic heterocycles. The fourth-order valence-electron chi connectivity index (χ4n) is 2.70. The van der Waals surface area contributed by atoms with Gasteiger partial charge in [-0.15, -0.1) is 0 Å². The van der Waals surface area contributed by atoms with Crippen molar-refractivity contribution < 1.29 is 39.5 Å². The Labute approximate surface area is 159 Å². The topological polar surface area (TPSA) is 0 Å². The molecule has 0 aliphatic rings. The van der Waals surface area contributed by atoms with Gasteiger partial charge < -0.3 is 0 Å². The molecule has 2 aromatic rings. The summed E-state index contributed by atoms with van der Waals surface area (Å²) in [5.74, 6) is -16.9. The van der Waals surface area contributed by atoms with Crippen LogP contribution in [-0.4, -0.2) is 6.71 Å². The molecule has 0 bridgehead atoms. The van der Waals surface area contributed by atoms with Crippen molar-refractivity contribution in [3.8, 4) is 0 Å². The minimum atomic E-state index is -2.45. The van der Waals surface area contributed by atoms with Crippen LogP contribution in [0.25, 0.3) is 0 Å². The molecule has 0 aliphatic carbocycles. The highest BCUT2D eigenvalue weighted by molar-refractivity contribution is 6.91. The Morgan fingerprint density at radius 1 is 0.828 bits per heavy atom. The molecule has 2 aromatic carbocycles. The van der Waals surface area contributed by atoms with Crippen molar-refractivity contribution >= 4 is 17.6 Å². The molecule has 0 atom stereocenters. The first-order chi connectivity index (χ1) is 13.6. The zero-order valence-corrected chi connectivity index (χ0v) is 14.5. The van der Waals surface area contributed by atoms with E-state index in [1.54, 1.807) is 0 Å². The first kappa shape index (κ1) is 22.4. The minimum absolute atomic E-state index is 0.140. The first-order valence-electron chi connectivity index (χ1n) is 7.87. The second-order valence-corrected chi connectivity index (χ2v) is 5.77. The molecule has 0 nitrogen and oxygen atoms in total. The average Bonchev–Trinajstić information content (AvgIpc) is 2.72. The van der Waals surface area contributed by atoms with Crippen molar-refractivity contribution in [2.75, 3.05) is 0 Å². The van der Waals surface area contributed by atoms with E-state index in [2.05, 4.69) is 0 Å². The van der Waals surface area contributed by atoms with E-state index < -0.39 is 70.6 Å². The van der Waals surface area contributed by atoms with Crippen molar-refractivity contribution in [1.82, 2.24) is 0 Å². The number of allylic oxidation sites excluding steroid dienone is 5. The highest BCUT2D eigenvalue weighted by Gasteiger charge is 2.36. The molecule has 0 spiro atoms. The van der Waals surface area contributed by atoms with Gasteiger partial charge in [-0.2, -0.15) is 0 Å². The van der Waals surface area contributed by atoms with Gasteiger partial charge in [0.15, 0.2) is 40.7 Å². The van der Waals surface area contributed by atoms with Crippen molar-refractivity contribution in [2.24, 2.45) is 0 Å². The van der Waals surface area contributed by atoms with Gasteiger partial charge >= 0.3 is 0 Å². The second-order valence-electron chi connectivity index (χ2n) is 5.77. The summed E-state index contributed by atoms with van der Waals surface area (Å²) in [7, 11) is 0. The van der Waals surface area contributed by atoms with Crippen LogP contribution in [0.15, 0.2) is 71.5 Å². The molecule has 0 saturated carbocycles. The summed E-state index contributed by atoms with van der Waals surface area (Å²) in [6.45, 7) is -1.48. The molecule has 0 radical (unpaired) electrons. The van der Waals surface area contributed by atoms with E-state index in [-0.39, 0.29) is 11.5 Å². The van der Waals surface area contributed by atoms with Crippen LogP contribution in [0.5, 0.6) is 0 Å². The molecule has 0 N–H and O–H groups in total. The maximum atomic E-state index is 14.6. The Kier molecular flexibility index (Phi) is 7.00. The summed E-state index contributed by atoms with van der Waals surface area (Å²) in [6, 6.07) is 6.49. The predicted octanol–water partition coefficient (Wildman–Crippen LogP) is 5.57. The number of hydrogen-bond donors (Lipinski definition) is 0. The molecule has 152 valence electrons. The summed E-state index contributed by atoms with van der Waals surface area (Å²) in [4.78, 5) is 0. The highest BCUT2D eigenvalue weighted by atomic mass is 19.2. The number of hydrogen-bond acceptors (Lipinski definition) is 0. The standard InChI is InChI=1S/C19H10BF9/c1-9(22)14(18(28)17(27)13(24)8-21)20(10-5-3-2-4-6-10)11-7-12(23)16(26)19(29)15(11)25/h2-8H,1H3/b13-8-,14-9-,18-17-. The van der Waals surface area contributed by atoms with Gasteiger partial charge in [0.1, 0.15) is 6.33 Å². The maximum absolute atomic E-state index is 14.6. The maximum Gasteiger partial charge on any atom is 0.252 e. The first-order valence-corrected chi connectivity index (χ1v) is 7.87. The molecular formula is C19H10BF9. The number of benzene rings is 2. The molecule has 0 saturated heterocycles. The van der Waals surface area contributed by atoms with Crippen molar-refractivity contribution in [2.45, 2.75) is 6.92 Å². The number of halogens is 9. The Bertz CT molecular complexity index is 1010. The molecule has 29 heavy (non-hydrogen) atoms. The smallest absolute Gasteiger partial charge is 0.213 e. The van der Waals surface area contributed by atoms with Crippen LogP contribution in [0, 0.1) is 23.3 Å². The zero-order valence-electron chi connectivity index (χ0n) is 14.5. The van der Waals surface area contributed by atoms with Crippen molar-refractivity contribution in [3.63, 3.8) is 0 Å². The second kappa shape index (κ2) is 9.06. The molecule has 0 fully saturated rings. The summed E-state index contributed by atoms with van der Waals surface area (Å²) < 4.78 is 123. The number of rotatable bonds is 5. The quantitative estimate of drug-likeness (QED) is 0.195. The van der Waals surface area contributed by atoms with Gasteiger partial charge in [0, 0.05) is 5.47 Å². The Morgan fingerprint density at radius 2 is 1.41 bits per heavy atom. The van der Waals surface area contributed by atoms with Crippen LogP contribution in [0.4, 0.5) is 39.5 Å². The normalized spacial score (nSPS) is 13.8. The SMILES string of the molecule is C\C(F)=C(B(c1ccccc1)c1cc(F)c(F)c(F)c1F)/C(F)=C(F)\C(F)=C\F. The van der Waals surface area contributed by atoms with Gasteiger partial charge in [-0.05, 0) is 18.5 Å². The molecule has 2 rings (SSSR count). The van der Waals surface area contributed by atoms with Gasteiger partial charge in [0.25, 0.3) is 6.71 Å². The van der Waals surface area contributed by atoms with Crippen LogP contribution < -0.4 is 10.9 Å². The minimum Gasteiger partial charge on any atom is -0.213 e. The van der Waals surface area contributed by atoms with Crippen LogP contribution in [0.2, 0.25) is 0 Å². The van der Waals surface area contributed by atoms with Gasteiger partial charge in [-0.3, -0.25) is 0 Å². The summed E-state index contributed by atoms with van der Waals surface area (Å²) in [6.07, 6.45) is -0.935. The summed E-state index contributed by atoms with van der Waals surface area (Å²) >= 11 is 0. The van der Waals surface area contributed by atoms with Gasteiger partial charge in [0.05, 0.1) is 5.83 Å². The summed E-state index contributed by atoms with van der Waals surface area (Å²) in [5, 5.41) is 0. The lowest BCUT2D eigenvalue weighted by atomic mass is 9.35. The van der Waals surface area contributed by atoms with E-state index in [1.807, 2.05) is 0 Å². The molecule has 0 unspecified atom stereocenters. The van der Waals surface area contributed by atoms with E-state index in [4.69, 9.17) is 0 Å². The van der Waals surface area contributed by atoms with Crippen LogP contribution in [-0.2, 0) is 0 Å².